The van der Waals surface area contributed by atoms with Gasteiger partial charge in [0, 0.05) is 38.3 Å². The summed E-state index contributed by atoms with van der Waals surface area (Å²) in [6.45, 7) is 4.30. The van der Waals surface area contributed by atoms with E-state index in [-0.39, 0.29) is 18.5 Å². The average Bonchev–Trinajstić information content (AvgIpc) is 2.77. The number of fused-ring (bicyclic) bond motifs is 1. The number of halogens is 1. The van der Waals surface area contributed by atoms with Gasteiger partial charge in [0.2, 0.25) is 0 Å². The van der Waals surface area contributed by atoms with Gasteiger partial charge >= 0.3 is 0 Å². The molecule has 1 amide bonds. The number of hydrogen-bond donors (Lipinski definition) is 2. The van der Waals surface area contributed by atoms with E-state index in [0.717, 1.165) is 23.2 Å². The van der Waals surface area contributed by atoms with Crippen LogP contribution in [0.15, 0.2) is 41.4 Å². The van der Waals surface area contributed by atoms with E-state index in [1.165, 1.54) is 12.1 Å². The average molecular weight is 429 g/mol. The Morgan fingerprint density at radius 2 is 1.97 bits per heavy atom. The molecule has 2 aromatic carbocycles. The van der Waals surface area contributed by atoms with Crippen molar-refractivity contribution in [3.8, 4) is 5.75 Å². The standard InChI is InChI=1S/C23H29FN4O3/c1-4-25-23(27-13-16-5-7-17(8-6-16)22(29)28(2)3)26-10-9-18-11-20(24)12-19-14-30-15-31-21(18)19/h5-8,11-12H,4,9-10,13-15H2,1-3H3,(H2,25,26,27). The van der Waals surface area contributed by atoms with E-state index in [4.69, 9.17) is 9.47 Å². The number of nitrogens with zero attached hydrogens (tertiary/aromatic N) is 2. The molecule has 3 rings (SSSR count). The Labute approximate surface area is 182 Å². The Bertz CT molecular complexity index is 929. The van der Waals surface area contributed by atoms with E-state index in [1.807, 2.05) is 31.2 Å². The number of benzene rings is 2. The van der Waals surface area contributed by atoms with Gasteiger partial charge in [-0.3, -0.25) is 4.79 Å². The highest BCUT2D eigenvalue weighted by molar-refractivity contribution is 5.93. The molecule has 0 radical (unpaired) electrons. The number of carbonyl (C=O) groups is 1. The highest BCUT2D eigenvalue weighted by Crippen LogP contribution is 2.29. The summed E-state index contributed by atoms with van der Waals surface area (Å²) in [5.74, 6) is 1.06. The smallest absolute Gasteiger partial charge is 0.253 e. The molecule has 1 heterocycles. The number of nitrogens with one attached hydrogen (secondary N) is 2. The molecule has 7 nitrogen and oxygen atoms in total. The lowest BCUT2D eigenvalue weighted by molar-refractivity contribution is -0.0172. The maximum absolute atomic E-state index is 13.9. The van der Waals surface area contributed by atoms with Gasteiger partial charge in [-0.05, 0) is 48.7 Å². The molecule has 0 saturated heterocycles. The summed E-state index contributed by atoms with van der Waals surface area (Å²) in [6, 6.07) is 10.4. The second-order valence-electron chi connectivity index (χ2n) is 7.43. The number of guanidine groups is 1. The van der Waals surface area contributed by atoms with Gasteiger partial charge in [0.1, 0.15) is 11.6 Å². The van der Waals surface area contributed by atoms with Crippen LogP contribution in [0, 0.1) is 5.82 Å². The normalized spacial score (nSPS) is 13.2. The first-order valence-electron chi connectivity index (χ1n) is 10.3. The van der Waals surface area contributed by atoms with Crippen LogP contribution >= 0.6 is 0 Å². The highest BCUT2D eigenvalue weighted by atomic mass is 19.1. The van der Waals surface area contributed by atoms with Crippen LogP contribution in [0.2, 0.25) is 0 Å². The lowest BCUT2D eigenvalue weighted by Gasteiger charge is -2.21. The molecule has 1 aliphatic heterocycles. The molecule has 2 aromatic rings. The molecule has 31 heavy (non-hydrogen) atoms. The lowest BCUT2D eigenvalue weighted by atomic mass is 10.1. The minimum absolute atomic E-state index is 0.0277. The van der Waals surface area contributed by atoms with E-state index in [2.05, 4.69) is 15.6 Å². The second-order valence-corrected chi connectivity index (χ2v) is 7.43. The molecule has 0 aliphatic carbocycles. The van der Waals surface area contributed by atoms with Crippen molar-refractivity contribution < 1.29 is 18.7 Å². The molecule has 8 heteroatoms. The predicted molar refractivity (Wildman–Crippen MR) is 118 cm³/mol. The van der Waals surface area contributed by atoms with Crippen molar-refractivity contribution in [2.24, 2.45) is 4.99 Å². The van der Waals surface area contributed by atoms with Gasteiger partial charge in [-0.1, -0.05) is 12.1 Å². The van der Waals surface area contributed by atoms with Gasteiger partial charge in [-0.15, -0.1) is 0 Å². The Morgan fingerprint density at radius 3 is 2.68 bits per heavy atom. The topological polar surface area (TPSA) is 75.2 Å². The quantitative estimate of drug-likeness (QED) is 0.524. The van der Waals surface area contributed by atoms with Crippen LogP contribution in [0.1, 0.15) is 34.0 Å². The van der Waals surface area contributed by atoms with Gasteiger partial charge in [0.25, 0.3) is 5.91 Å². The minimum atomic E-state index is -0.292. The fraction of sp³-hybridized carbons (Fsp3) is 0.391. The van der Waals surface area contributed by atoms with Crippen molar-refractivity contribution in [3.63, 3.8) is 0 Å². The summed E-state index contributed by atoms with van der Waals surface area (Å²) in [5.41, 5.74) is 3.19. The molecule has 1 aliphatic rings. The number of carbonyl (C=O) groups excluding carboxylic acids is 1. The van der Waals surface area contributed by atoms with Crippen molar-refractivity contribution in [2.75, 3.05) is 34.0 Å². The zero-order valence-electron chi connectivity index (χ0n) is 18.2. The Hall–Kier alpha value is -3.13. The van der Waals surface area contributed by atoms with E-state index in [0.29, 0.717) is 43.4 Å². The van der Waals surface area contributed by atoms with Gasteiger partial charge in [0.15, 0.2) is 12.8 Å². The lowest BCUT2D eigenvalue weighted by Crippen LogP contribution is -2.38. The van der Waals surface area contributed by atoms with Crippen molar-refractivity contribution >= 4 is 11.9 Å². The molecule has 0 bridgehead atoms. The van der Waals surface area contributed by atoms with Crippen LogP contribution in [-0.2, 0) is 24.3 Å². The summed E-state index contributed by atoms with van der Waals surface area (Å²) < 4.78 is 24.7. The van der Waals surface area contributed by atoms with Gasteiger partial charge < -0.3 is 25.0 Å². The zero-order chi connectivity index (χ0) is 22.2. The first-order valence-corrected chi connectivity index (χ1v) is 10.3. The van der Waals surface area contributed by atoms with Gasteiger partial charge in [0.05, 0.1) is 13.2 Å². The van der Waals surface area contributed by atoms with Crippen LogP contribution in [0.5, 0.6) is 5.75 Å². The Balaban J connectivity index is 1.59. The van der Waals surface area contributed by atoms with Crippen LogP contribution in [0.4, 0.5) is 4.39 Å². The third kappa shape index (κ3) is 6.18. The molecular formula is C23H29FN4O3. The SMILES string of the molecule is CCNC(=NCc1ccc(C(=O)N(C)C)cc1)NCCc1cc(F)cc2c1OCOC2. The molecule has 2 N–H and O–H groups in total. The molecule has 0 atom stereocenters. The maximum Gasteiger partial charge on any atom is 0.253 e. The van der Waals surface area contributed by atoms with Gasteiger partial charge in [-0.25, -0.2) is 9.38 Å². The number of ether oxygens (including phenoxy) is 2. The monoisotopic (exact) mass is 428 g/mol. The molecule has 0 unspecified atom stereocenters. The first-order chi connectivity index (χ1) is 15.0. The molecule has 0 fully saturated rings. The molecular weight excluding hydrogens is 399 g/mol. The van der Waals surface area contributed by atoms with Crippen molar-refractivity contribution in [3.05, 3.63) is 64.5 Å². The third-order valence-corrected chi connectivity index (χ3v) is 4.81. The summed E-state index contributed by atoms with van der Waals surface area (Å²) in [6.07, 6.45) is 0.589. The van der Waals surface area contributed by atoms with Gasteiger partial charge in [-0.2, -0.15) is 0 Å². The van der Waals surface area contributed by atoms with E-state index in [9.17, 15) is 9.18 Å². The fourth-order valence-electron chi connectivity index (χ4n) is 3.28. The van der Waals surface area contributed by atoms with Crippen molar-refractivity contribution in [1.29, 1.82) is 0 Å². The number of hydrogen-bond acceptors (Lipinski definition) is 4. The number of amides is 1. The molecule has 0 saturated carbocycles. The highest BCUT2D eigenvalue weighted by Gasteiger charge is 2.16. The van der Waals surface area contributed by atoms with Crippen molar-refractivity contribution in [2.45, 2.75) is 26.5 Å². The summed E-state index contributed by atoms with van der Waals surface area (Å²) in [7, 11) is 3.46. The predicted octanol–water partition coefficient (Wildman–Crippen LogP) is 2.69. The fourth-order valence-corrected chi connectivity index (χ4v) is 3.28. The van der Waals surface area contributed by atoms with Crippen molar-refractivity contribution in [1.82, 2.24) is 15.5 Å². The molecule has 166 valence electrons. The third-order valence-electron chi connectivity index (χ3n) is 4.81. The largest absolute Gasteiger partial charge is 0.467 e. The second kappa shape index (κ2) is 10.8. The molecule has 0 aromatic heterocycles. The number of aliphatic imine (C=N–C) groups is 1. The minimum Gasteiger partial charge on any atom is -0.467 e. The summed E-state index contributed by atoms with van der Waals surface area (Å²) in [4.78, 5) is 18.1. The van der Waals surface area contributed by atoms with Crippen LogP contribution in [0.3, 0.4) is 0 Å². The summed E-state index contributed by atoms with van der Waals surface area (Å²) in [5, 5.41) is 6.49. The number of rotatable bonds is 7. The van der Waals surface area contributed by atoms with Crippen LogP contribution in [-0.4, -0.2) is 50.7 Å². The Kier molecular flexibility index (Phi) is 7.83. The first kappa shape index (κ1) is 22.6. The van der Waals surface area contributed by atoms with E-state index in [1.54, 1.807) is 19.0 Å². The van der Waals surface area contributed by atoms with Crippen LogP contribution < -0.4 is 15.4 Å². The molecule has 0 spiro atoms. The van der Waals surface area contributed by atoms with E-state index < -0.39 is 0 Å². The van der Waals surface area contributed by atoms with Crippen LogP contribution in [0.25, 0.3) is 0 Å². The van der Waals surface area contributed by atoms with E-state index >= 15 is 0 Å². The zero-order valence-corrected chi connectivity index (χ0v) is 18.2. The Morgan fingerprint density at radius 1 is 1.19 bits per heavy atom. The maximum atomic E-state index is 13.9. The summed E-state index contributed by atoms with van der Waals surface area (Å²) >= 11 is 0.